The van der Waals surface area contributed by atoms with Crippen LogP contribution in [0.1, 0.15) is 17.0 Å². The van der Waals surface area contributed by atoms with E-state index in [0.717, 1.165) is 12.5 Å². The predicted molar refractivity (Wildman–Crippen MR) is 94.6 cm³/mol. The van der Waals surface area contributed by atoms with Crippen molar-refractivity contribution in [2.45, 2.75) is 23.0 Å². The molecule has 2 aromatic carbocycles. The molecule has 0 aromatic heterocycles. The van der Waals surface area contributed by atoms with E-state index in [0.29, 0.717) is 30.4 Å². The quantitative estimate of drug-likeness (QED) is 0.597. The summed E-state index contributed by atoms with van der Waals surface area (Å²) in [5, 5.41) is 14.3. The number of nitrogens with one attached hydrogen (secondary N) is 1. The molecule has 0 saturated heterocycles. The van der Waals surface area contributed by atoms with Gasteiger partial charge in [0, 0.05) is 12.6 Å². The van der Waals surface area contributed by atoms with Gasteiger partial charge in [0.15, 0.2) is 0 Å². The fourth-order valence-electron chi connectivity index (χ4n) is 4.08. The van der Waals surface area contributed by atoms with E-state index in [9.17, 15) is 27.3 Å². The number of fused-ring (bicyclic) bond motifs is 3. The van der Waals surface area contributed by atoms with Gasteiger partial charge < -0.3 is 5.32 Å². The number of sulfone groups is 1. The van der Waals surface area contributed by atoms with Crippen molar-refractivity contribution in [2.75, 3.05) is 11.9 Å². The topological polar surface area (TPSA) is 89.3 Å². The van der Waals surface area contributed by atoms with E-state index in [1.807, 2.05) is 12.1 Å². The van der Waals surface area contributed by atoms with Crippen LogP contribution in [0.2, 0.25) is 0 Å². The summed E-state index contributed by atoms with van der Waals surface area (Å²) in [6.45, 7) is 0.505. The summed E-state index contributed by atoms with van der Waals surface area (Å²) >= 11 is 0. The van der Waals surface area contributed by atoms with Gasteiger partial charge in [-0.05, 0) is 47.4 Å². The molecular formula is C18H16F2N2O4S. The SMILES string of the molecule is O=[N+]([O-])c1cc(S(=O)(=O)C(F)F)ccc1NCC1C2Cc3ccccc3C12. The minimum Gasteiger partial charge on any atom is -0.379 e. The van der Waals surface area contributed by atoms with E-state index in [4.69, 9.17) is 0 Å². The van der Waals surface area contributed by atoms with Crippen LogP contribution in [0.3, 0.4) is 0 Å². The van der Waals surface area contributed by atoms with E-state index in [-0.39, 0.29) is 5.69 Å². The van der Waals surface area contributed by atoms with E-state index in [1.165, 1.54) is 17.2 Å². The first-order chi connectivity index (χ1) is 12.8. The van der Waals surface area contributed by atoms with Gasteiger partial charge in [0.25, 0.3) is 5.69 Å². The predicted octanol–water partition coefficient (Wildman–Crippen LogP) is 3.59. The first-order valence-electron chi connectivity index (χ1n) is 8.43. The van der Waals surface area contributed by atoms with Gasteiger partial charge in [0.05, 0.1) is 9.82 Å². The Morgan fingerprint density at radius 3 is 2.67 bits per heavy atom. The number of hydrogen-bond acceptors (Lipinski definition) is 5. The van der Waals surface area contributed by atoms with Crippen LogP contribution in [0.5, 0.6) is 0 Å². The molecule has 0 aliphatic heterocycles. The second-order valence-electron chi connectivity index (χ2n) is 6.88. The zero-order valence-electron chi connectivity index (χ0n) is 14.0. The highest BCUT2D eigenvalue weighted by Crippen LogP contribution is 2.61. The Labute approximate surface area is 154 Å². The summed E-state index contributed by atoms with van der Waals surface area (Å²) in [6.07, 6.45) is 0.987. The zero-order valence-corrected chi connectivity index (χ0v) is 14.8. The van der Waals surface area contributed by atoms with E-state index >= 15 is 0 Å². The Kier molecular flexibility index (Phi) is 4.14. The fraction of sp³-hybridized carbons (Fsp3) is 0.333. The second kappa shape index (κ2) is 6.26. The third-order valence-corrected chi connectivity index (χ3v) is 6.84. The van der Waals surface area contributed by atoms with Crippen molar-refractivity contribution in [1.29, 1.82) is 0 Å². The van der Waals surface area contributed by atoms with Crippen LogP contribution in [-0.4, -0.2) is 25.6 Å². The fourth-order valence-corrected chi connectivity index (χ4v) is 4.82. The molecule has 3 atom stereocenters. The molecule has 2 aliphatic carbocycles. The highest BCUT2D eigenvalue weighted by atomic mass is 32.2. The third-order valence-electron chi connectivity index (χ3n) is 5.46. The summed E-state index contributed by atoms with van der Waals surface area (Å²) in [7, 11) is -4.88. The van der Waals surface area contributed by atoms with Crippen LogP contribution in [0, 0.1) is 22.0 Å². The molecule has 1 N–H and O–H groups in total. The maximum Gasteiger partial charge on any atom is 0.341 e. The van der Waals surface area contributed by atoms with Crippen molar-refractivity contribution in [3.63, 3.8) is 0 Å². The van der Waals surface area contributed by atoms with Gasteiger partial charge in [-0.3, -0.25) is 10.1 Å². The number of hydrogen-bond donors (Lipinski definition) is 1. The molecule has 0 amide bonds. The van der Waals surface area contributed by atoms with Gasteiger partial charge in [-0.25, -0.2) is 8.42 Å². The molecule has 0 bridgehead atoms. The van der Waals surface area contributed by atoms with Gasteiger partial charge in [0.2, 0.25) is 9.84 Å². The molecule has 2 aliphatic rings. The van der Waals surface area contributed by atoms with Crippen molar-refractivity contribution in [1.82, 2.24) is 0 Å². The van der Waals surface area contributed by atoms with Gasteiger partial charge >= 0.3 is 5.76 Å². The molecule has 0 spiro atoms. The number of alkyl halides is 2. The van der Waals surface area contributed by atoms with E-state index in [1.54, 1.807) is 0 Å². The Morgan fingerprint density at radius 2 is 1.96 bits per heavy atom. The standard InChI is InChI=1S/C18H16F2N2O4S/c19-18(20)27(25,26)11-5-6-15(16(8-11)22(23)24)21-9-14-13-7-10-3-1-2-4-12(10)17(13)14/h1-6,8,13-14,17-18,21H,7,9H2. The largest absolute Gasteiger partial charge is 0.379 e. The lowest BCUT2D eigenvalue weighted by Gasteiger charge is -2.11. The van der Waals surface area contributed by atoms with Crippen molar-refractivity contribution in [3.8, 4) is 0 Å². The summed E-state index contributed by atoms with van der Waals surface area (Å²) in [5.41, 5.74) is 2.27. The first-order valence-corrected chi connectivity index (χ1v) is 9.97. The summed E-state index contributed by atoms with van der Waals surface area (Å²) in [6, 6.07) is 11.1. The zero-order chi connectivity index (χ0) is 19.3. The number of benzene rings is 2. The minimum atomic E-state index is -4.88. The molecular weight excluding hydrogens is 378 g/mol. The molecule has 1 fully saturated rings. The smallest absolute Gasteiger partial charge is 0.341 e. The van der Waals surface area contributed by atoms with Gasteiger partial charge in [-0.15, -0.1) is 0 Å². The lowest BCUT2D eigenvalue weighted by Crippen LogP contribution is -2.13. The lowest BCUT2D eigenvalue weighted by atomic mass is 10.0. The highest BCUT2D eigenvalue weighted by Gasteiger charge is 2.54. The molecule has 2 aromatic rings. The minimum absolute atomic E-state index is 0.131. The van der Waals surface area contributed by atoms with E-state index in [2.05, 4.69) is 17.4 Å². The first kappa shape index (κ1) is 17.8. The molecule has 6 nitrogen and oxygen atoms in total. The summed E-state index contributed by atoms with van der Waals surface area (Å²) in [4.78, 5) is 9.75. The lowest BCUT2D eigenvalue weighted by molar-refractivity contribution is -0.384. The van der Waals surface area contributed by atoms with Gasteiger partial charge in [0.1, 0.15) is 5.69 Å². The normalized spacial score (nSPS) is 23.0. The van der Waals surface area contributed by atoms with Crippen LogP contribution in [0.15, 0.2) is 47.4 Å². The monoisotopic (exact) mass is 394 g/mol. The van der Waals surface area contributed by atoms with Crippen molar-refractivity contribution in [2.24, 2.45) is 11.8 Å². The van der Waals surface area contributed by atoms with Gasteiger partial charge in [-0.2, -0.15) is 8.78 Å². The number of nitro benzene ring substituents is 1. The van der Waals surface area contributed by atoms with Crippen molar-refractivity contribution in [3.05, 3.63) is 63.7 Å². The number of anilines is 1. The average Bonchev–Trinajstić information content (AvgIpc) is 3.17. The molecule has 142 valence electrons. The molecule has 0 radical (unpaired) electrons. The van der Waals surface area contributed by atoms with Crippen LogP contribution < -0.4 is 5.32 Å². The van der Waals surface area contributed by atoms with Crippen molar-refractivity contribution >= 4 is 21.2 Å². The van der Waals surface area contributed by atoms with Crippen LogP contribution in [0.4, 0.5) is 20.2 Å². The summed E-state index contributed by atoms with van der Waals surface area (Å²) in [5.74, 6) is -2.33. The molecule has 0 heterocycles. The number of rotatable bonds is 6. The molecule has 1 saturated carbocycles. The van der Waals surface area contributed by atoms with Crippen LogP contribution in [0.25, 0.3) is 0 Å². The number of halogens is 2. The van der Waals surface area contributed by atoms with Crippen LogP contribution in [-0.2, 0) is 16.3 Å². The van der Waals surface area contributed by atoms with Crippen molar-refractivity contribution < 1.29 is 22.1 Å². The maximum atomic E-state index is 12.7. The second-order valence-corrected chi connectivity index (χ2v) is 8.80. The molecule has 9 heteroatoms. The maximum absolute atomic E-state index is 12.7. The van der Waals surface area contributed by atoms with Crippen LogP contribution >= 0.6 is 0 Å². The number of nitrogens with zero attached hydrogens (tertiary/aromatic N) is 1. The highest BCUT2D eigenvalue weighted by molar-refractivity contribution is 7.91. The van der Waals surface area contributed by atoms with Gasteiger partial charge in [-0.1, -0.05) is 24.3 Å². The Hall–Kier alpha value is -2.55. The number of nitro groups is 1. The molecule has 3 unspecified atom stereocenters. The average molecular weight is 394 g/mol. The van der Waals surface area contributed by atoms with E-state index < -0.39 is 31.1 Å². The molecule has 4 rings (SSSR count). The Morgan fingerprint density at radius 1 is 1.22 bits per heavy atom. The molecule has 27 heavy (non-hydrogen) atoms. The summed E-state index contributed by atoms with van der Waals surface area (Å²) < 4.78 is 48.4. The Bertz CT molecular complexity index is 1030. The third kappa shape index (κ3) is 2.95. The Balaban J connectivity index is 1.51.